The molecule has 0 aromatic heterocycles. The SMILES string of the molecule is Cc1ccccc1CN(C(=O)CN(c1cccc(Cl)c1C)S(=O)(=O)c1ccccc1)C(C)C(=O)NC(C)(C)C. The van der Waals surface area contributed by atoms with E-state index in [1.807, 2.05) is 52.0 Å². The molecule has 3 rings (SSSR count). The largest absolute Gasteiger partial charge is 0.350 e. The van der Waals surface area contributed by atoms with Crippen LogP contribution in [0.15, 0.2) is 77.7 Å². The topological polar surface area (TPSA) is 86.8 Å². The zero-order valence-corrected chi connectivity index (χ0v) is 24.8. The van der Waals surface area contributed by atoms with Gasteiger partial charge in [0.15, 0.2) is 0 Å². The highest BCUT2D eigenvalue weighted by Gasteiger charge is 2.34. The molecule has 3 aromatic carbocycles. The van der Waals surface area contributed by atoms with Crippen molar-refractivity contribution in [3.05, 3.63) is 94.5 Å². The first-order valence-corrected chi connectivity index (χ1v) is 14.5. The standard InChI is InChI=1S/C30H36ClN3O4S/c1-21-13-10-11-14-24(21)19-33(23(3)29(36)32-30(4,5)6)28(35)20-34(27-18-12-17-26(31)22(27)2)39(37,38)25-15-8-7-9-16-25/h7-18,23H,19-20H2,1-6H3,(H,32,36). The lowest BCUT2D eigenvalue weighted by Gasteiger charge is -2.34. The predicted molar refractivity (Wildman–Crippen MR) is 156 cm³/mol. The van der Waals surface area contributed by atoms with Crippen LogP contribution in [0.5, 0.6) is 0 Å². The van der Waals surface area contributed by atoms with Gasteiger partial charge in [0, 0.05) is 17.1 Å². The Hall–Kier alpha value is -3.36. The zero-order valence-electron chi connectivity index (χ0n) is 23.2. The Labute approximate surface area is 236 Å². The fourth-order valence-corrected chi connectivity index (χ4v) is 5.79. The molecule has 7 nitrogen and oxygen atoms in total. The summed E-state index contributed by atoms with van der Waals surface area (Å²) >= 11 is 6.36. The normalized spacial score (nSPS) is 12.5. The summed E-state index contributed by atoms with van der Waals surface area (Å²) in [6, 6.07) is 19.6. The van der Waals surface area contributed by atoms with Gasteiger partial charge >= 0.3 is 0 Å². The van der Waals surface area contributed by atoms with E-state index in [1.165, 1.54) is 17.0 Å². The Bertz CT molecular complexity index is 1440. The second kappa shape index (κ2) is 12.2. The van der Waals surface area contributed by atoms with Crippen LogP contribution in [0.1, 0.15) is 44.4 Å². The minimum atomic E-state index is -4.15. The number of sulfonamides is 1. The summed E-state index contributed by atoms with van der Waals surface area (Å²) in [6.45, 7) is 10.5. The average Bonchev–Trinajstić information content (AvgIpc) is 2.87. The average molecular weight is 570 g/mol. The van der Waals surface area contributed by atoms with Gasteiger partial charge in [0.05, 0.1) is 10.6 Å². The number of halogens is 1. The van der Waals surface area contributed by atoms with E-state index in [9.17, 15) is 18.0 Å². The minimum absolute atomic E-state index is 0.0427. The summed E-state index contributed by atoms with van der Waals surface area (Å²) in [5.41, 5.74) is 2.12. The van der Waals surface area contributed by atoms with E-state index >= 15 is 0 Å². The zero-order chi connectivity index (χ0) is 29.0. The summed E-state index contributed by atoms with van der Waals surface area (Å²) in [5, 5.41) is 3.31. The number of nitrogens with one attached hydrogen (secondary N) is 1. The molecule has 9 heteroatoms. The smallest absolute Gasteiger partial charge is 0.264 e. The molecular weight excluding hydrogens is 534 g/mol. The number of carbonyl (C=O) groups is 2. The summed E-state index contributed by atoms with van der Waals surface area (Å²) in [4.78, 5) is 28.7. The first kappa shape index (κ1) is 30.2. The quantitative estimate of drug-likeness (QED) is 0.369. The van der Waals surface area contributed by atoms with Crippen LogP contribution >= 0.6 is 11.6 Å². The molecule has 1 atom stereocenters. The third-order valence-corrected chi connectivity index (χ3v) is 8.57. The molecule has 0 fully saturated rings. The first-order chi connectivity index (χ1) is 18.2. The first-order valence-electron chi connectivity index (χ1n) is 12.7. The fourth-order valence-electron chi connectivity index (χ4n) is 4.13. The number of carbonyl (C=O) groups excluding carboxylic acids is 2. The molecule has 2 amide bonds. The molecule has 0 aliphatic carbocycles. The maximum absolute atomic E-state index is 14.0. The van der Waals surface area contributed by atoms with Crippen LogP contribution in [0.2, 0.25) is 5.02 Å². The van der Waals surface area contributed by atoms with Crippen LogP contribution in [0.3, 0.4) is 0 Å². The van der Waals surface area contributed by atoms with Crippen molar-refractivity contribution < 1.29 is 18.0 Å². The van der Waals surface area contributed by atoms with Crippen LogP contribution in [0, 0.1) is 13.8 Å². The van der Waals surface area contributed by atoms with E-state index in [0.717, 1.165) is 15.4 Å². The van der Waals surface area contributed by atoms with Crippen LogP contribution in [0.4, 0.5) is 5.69 Å². The fraction of sp³-hybridized carbons (Fsp3) is 0.333. The Morgan fingerprint density at radius 3 is 2.15 bits per heavy atom. The van der Waals surface area contributed by atoms with Crippen LogP contribution < -0.4 is 9.62 Å². The lowest BCUT2D eigenvalue weighted by Crippen LogP contribution is -2.54. The lowest BCUT2D eigenvalue weighted by molar-refractivity contribution is -0.140. The van der Waals surface area contributed by atoms with Gasteiger partial charge in [-0.05, 0) is 82.5 Å². The van der Waals surface area contributed by atoms with Crippen LogP contribution in [-0.4, -0.2) is 43.3 Å². The molecule has 0 radical (unpaired) electrons. The molecule has 0 bridgehead atoms. The van der Waals surface area contributed by atoms with Crippen molar-refractivity contribution in [3.8, 4) is 0 Å². The Balaban J connectivity index is 2.08. The number of rotatable bonds is 9. The van der Waals surface area contributed by atoms with Crippen LogP contribution in [-0.2, 0) is 26.2 Å². The maximum atomic E-state index is 14.0. The number of nitrogens with zero attached hydrogens (tertiary/aromatic N) is 2. The molecule has 0 heterocycles. The second-order valence-electron chi connectivity index (χ2n) is 10.6. The molecule has 0 saturated carbocycles. The molecular formula is C30H36ClN3O4S. The van der Waals surface area contributed by atoms with E-state index in [2.05, 4.69) is 5.32 Å². The van der Waals surface area contributed by atoms with Crippen molar-refractivity contribution in [3.63, 3.8) is 0 Å². The Morgan fingerprint density at radius 1 is 0.923 bits per heavy atom. The van der Waals surface area contributed by atoms with E-state index < -0.39 is 34.1 Å². The Kier molecular flexibility index (Phi) is 9.46. The number of hydrogen-bond donors (Lipinski definition) is 1. The third kappa shape index (κ3) is 7.40. The lowest BCUT2D eigenvalue weighted by atomic mass is 10.1. The summed E-state index contributed by atoms with van der Waals surface area (Å²) < 4.78 is 28.9. The number of benzene rings is 3. The molecule has 208 valence electrons. The molecule has 39 heavy (non-hydrogen) atoms. The highest BCUT2D eigenvalue weighted by Crippen LogP contribution is 2.31. The molecule has 1 unspecified atom stereocenters. The molecule has 0 spiro atoms. The summed E-state index contributed by atoms with van der Waals surface area (Å²) in [6.07, 6.45) is 0. The molecule has 0 aliphatic heterocycles. The van der Waals surface area contributed by atoms with Gasteiger partial charge in [0.25, 0.3) is 10.0 Å². The van der Waals surface area contributed by atoms with Gasteiger partial charge < -0.3 is 10.2 Å². The van der Waals surface area contributed by atoms with Gasteiger partial charge in [-0.2, -0.15) is 0 Å². The van der Waals surface area contributed by atoms with Crippen LogP contribution in [0.25, 0.3) is 0 Å². The maximum Gasteiger partial charge on any atom is 0.264 e. The highest BCUT2D eigenvalue weighted by atomic mass is 35.5. The second-order valence-corrected chi connectivity index (χ2v) is 12.8. The van der Waals surface area contributed by atoms with E-state index in [0.29, 0.717) is 16.3 Å². The van der Waals surface area contributed by atoms with E-state index in [1.54, 1.807) is 50.2 Å². The number of anilines is 1. The van der Waals surface area contributed by atoms with Crippen molar-refractivity contribution >= 4 is 39.1 Å². The predicted octanol–water partition coefficient (Wildman–Crippen LogP) is 5.48. The number of aryl methyl sites for hydroxylation is 1. The van der Waals surface area contributed by atoms with Gasteiger partial charge in [-0.25, -0.2) is 8.42 Å². The van der Waals surface area contributed by atoms with Crippen molar-refractivity contribution in [2.24, 2.45) is 0 Å². The summed E-state index contributed by atoms with van der Waals surface area (Å²) in [7, 11) is -4.15. The van der Waals surface area contributed by atoms with Crippen molar-refractivity contribution in [1.82, 2.24) is 10.2 Å². The third-order valence-electron chi connectivity index (χ3n) is 6.39. The van der Waals surface area contributed by atoms with Gasteiger partial charge in [-0.3, -0.25) is 13.9 Å². The van der Waals surface area contributed by atoms with E-state index in [-0.39, 0.29) is 17.3 Å². The summed E-state index contributed by atoms with van der Waals surface area (Å²) in [5.74, 6) is -0.852. The molecule has 3 aromatic rings. The number of amides is 2. The van der Waals surface area contributed by atoms with Gasteiger partial charge in [-0.1, -0.05) is 60.1 Å². The van der Waals surface area contributed by atoms with Crippen molar-refractivity contribution in [2.45, 2.75) is 64.6 Å². The minimum Gasteiger partial charge on any atom is -0.350 e. The van der Waals surface area contributed by atoms with Gasteiger partial charge in [0.2, 0.25) is 11.8 Å². The Morgan fingerprint density at radius 2 is 1.54 bits per heavy atom. The molecule has 0 aliphatic rings. The highest BCUT2D eigenvalue weighted by molar-refractivity contribution is 7.92. The number of hydrogen-bond acceptors (Lipinski definition) is 4. The molecule has 0 saturated heterocycles. The monoisotopic (exact) mass is 569 g/mol. The van der Waals surface area contributed by atoms with E-state index in [4.69, 9.17) is 11.6 Å². The van der Waals surface area contributed by atoms with Gasteiger partial charge in [-0.15, -0.1) is 0 Å². The van der Waals surface area contributed by atoms with Gasteiger partial charge in [0.1, 0.15) is 12.6 Å². The van der Waals surface area contributed by atoms with Crippen molar-refractivity contribution in [2.75, 3.05) is 10.8 Å². The molecule has 1 N–H and O–H groups in total. The van der Waals surface area contributed by atoms with Crippen molar-refractivity contribution in [1.29, 1.82) is 0 Å².